The Balaban J connectivity index is 2.03. The Morgan fingerprint density at radius 2 is 2.00 bits per heavy atom. The number of aryl methyl sites for hydroxylation is 1. The van der Waals surface area contributed by atoms with Crippen molar-refractivity contribution in [3.8, 4) is 11.5 Å². The van der Waals surface area contributed by atoms with Crippen molar-refractivity contribution in [3.63, 3.8) is 0 Å². The van der Waals surface area contributed by atoms with E-state index in [0.29, 0.717) is 31.8 Å². The molecule has 0 bridgehead atoms. The molecule has 2 rings (SSSR count). The van der Waals surface area contributed by atoms with E-state index in [2.05, 4.69) is 0 Å². The second-order valence-corrected chi connectivity index (χ2v) is 3.87. The molecule has 3 nitrogen and oxygen atoms in total. The average molecular weight is 220 g/mol. The monoisotopic (exact) mass is 220 g/mol. The van der Waals surface area contributed by atoms with Crippen molar-refractivity contribution >= 4 is 5.78 Å². The number of carbonyl (C=O) groups excluding carboxylic acids is 1. The van der Waals surface area contributed by atoms with Crippen molar-refractivity contribution in [1.29, 1.82) is 0 Å². The maximum atomic E-state index is 11.2. The number of fused-ring (bicyclic) bond motifs is 1. The van der Waals surface area contributed by atoms with Gasteiger partial charge in [-0.25, -0.2) is 0 Å². The normalized spacial score (nSPS) is 13.6. The molecule has 0 amide bonds. The van der Waals surface area contributed by atoms with Gasteiger partial charge >= 0.3 is 0 Å². The molecule has 0 aliphatic carbocycles. The van der Waals surface area contributed by atoms with Gasteiger partial charge in [0.15, 0.2) is 11.5 Å². The van der Waals surface area contributed by atoms with Crippen LogP contribution in [0.5, 0.6) is 11.5 Å². The minimum atomic E-state index is 0.301. The second-order valence-electron chi connectivity index (χ2n) is 3.87. The van der Waals surface area contributed by atoms with E-state index < -0.39 is 0 Å². The maximum absolute atomic E-state index is 11.2. The summed E-state index contributed by atoms with van der Waals surface area (Å²) in [5, 5.41) is 0. The number of benzene rings is 1. The maximum Gasteiger partial charge on any atom is 0.161 e. The molecule has 0 radical (unpaired) electrons. The van der Waals surface area contributed by atoms with Crippen molar-refractivity contribution in [2.24, 2.45) is 0 Å². The molecule has 1 aliphatic heterocycles. The molecule has 1 aromatic rings. The molecule has 86 valence electrons. The Morgan fingerprint density at radius 3 is 2.75 bits per heavy atom. The number of Topliss-reactive ketones (excluding diaryl/α,β-unsaturated/α-hetero) is 1. The van der Waals surface area contributed by atoms with Crippen LogP contribution in [0.4, 0.5) is 0 Å². The minimum absolute atomic E-state index is 0.301. The Labute approximate surface area is 95.4 Å². The number of hydrogen-bond donors (Lipinski definition) is 0. The Hall–Kier alpha value is -1.51. The van der Waals surface area contributed by atoms with Crippen molar-refractivity contribution in [2.45, 2.75) is 26.2 Å². The van der Waals surface area contributed by atoms with Gasteiger partial charge in [0.05, 0.1) is 0 Å². The summed E-state index contributed by atoms with van der Waals surface area (Å²) in [6, 6.07) is 5.88. The molecule has 3 heteroatoms. The Bertz CT molecular complexity index is 385. The largest absolute Gasteiger partial charge is 0.486 e. The van der Waals surface area contributed by atoms with Crippen LogP contribution in [0.3, 0.4) is 0 Å². The zero-order valence-corrected chi connectivity index (χ0v) is 9.49. The van der Waals surface area contributed by atoms with Crippen molar-refractivity contribution in [3.05, 3.63) is 23.8 Å². The molecule has 0 N–H and O–H groups in total. The first kappa shape index (κ1) is 11.0. The van der Waals surface area contributed by atoms with E-state index in [1.807, 2.05) is 25.1 Å². The summed E-state index contributed by atoms with van der Waals surface area (Å²) in [6.45, 7) is 3.11. The molecule has 16 heavy (non-hydrogen) atoms. The van der Waals surface area contributed by atoms with Crippen LogP contribution in [0.25, 0.3) is 0 Å². The SMILES string of the molecule is CCC(=O)CCc1ccc2c(c1)OCCO2. The molecule has 0 fully saturated rings. The van der Waals surface area contributed by atoms with Crippen LogP contribution in [-0.4, -0.2) is 19.0 Å². The lowest BCUT2D eigenvalue weighted by Gasteiger charge is -2.18. The van der Waals surface area contributed by atoms with Gasteiger partial charge in [-0.3, -0.25) is 4.79 Å². The summed E-state index contributed by atoms with van der Waals surface area (Å²) in [7, 11) is 0. The molecule has 0 saturated heterocycles. The predicted octanol–water partition coefficient (Wildman–Crippen LogP) is 2.37. The molecule has 1 aromatic carbocycles. The summed E-state index contributed by atoms with van der Waals surface area (Å²) in [4.78, 5) is 11.2. The zero-order valence-electron chi connectivity index (χ0n) is 9.49. The minimum Gasteiger partial charge on any atom is -0.486 e. The third-order valence-electron chi connectivity index (χ3n) is 2.69. The van der Waals surface area contributed by atoms with Crippen LogP contribution in [0.1, 0.15) is 25.3 Å². The van der Waals surface area contributed by atoms with Gasteiger partial charge < -0.3 is 9.47 Å². The fourth-order valence-corrected chi connectivity index (χ4v) is 1.70. The smallest absolute Gasteiger partial charge is 0.161 e. The van der Waals surface area contributed by atoms with Crippen LogP contribution < -0.4 is 9.47 Å². The van der Waals surface area contributed by atoms with Crippen molar-refractivity contribution < 1.29 is 14.3 Å². The topological polar surface area (TPSA) is 35.5 Å². The summed E-state index contributed by atoms with van der Waals surface area (Å²) < 4.78 is 10.9. The second kappa shape index (κ2) is 5.01. The van der Waals surface area contributed by atoms with Crippen LogP contribution in [0.15, 0.2) is 18.2 Å². The molecule has 0 unspecified atom stereocenters. The third-order valence-corrected chi connectivity index (χ3v) is 2.69. The average Bonchev–Trinajstić information content (AvgIpc) is 2.35. The quantitative estimate of drug-likeness (QED) is 0.781. The molecule has 1 heterocycles. The van der Waals surface area contributed by atoms with Crippen LogP contribution in [0.2, 0.25) is 0 Å². The highest BCUT2D eigenvalue weighted by molar-refractivity contribution is 5.78. The van der Waals surface area contributed by atoms with Gasteiger partial charge in [-0.1, -0.05) is 13.0 Å². The Morgan fingerprint density at radius 1 is 1.25 bits per heavy atom. The van der Waals surface area contributed by atoms with E-state index in [1.165, 1.54) is 0 Å². The molecule has 0 spiro atoms. The van der Waals surface area contributed by atoms with E-state index in [-0.39, 0.29) is 0 Å². The lowest BCUT2D eigenvalue weighted by Crippen LogP contribution is -2.15. The number of ether oxygens (including phenoxy) is 2. The first-order valence-electron chi connectivity index (χ1n) is 5.70. The number of ketones is 1. The predicted molar refractivity (Wildman–Crippen MR) is 61.1 cm³/mol. The molecule has 0 atom stereocenters. The standard InChI is InChI=1S/C13H16O3/c1-2-11(14)5-3-10-4-6-12-13(9-10)16-8-7-15-12/h4,6,9H,2-3,5,7-8H2,1H3. The zero-order chi connectivity index (χ0) is 11.4. The molecule has 1 aliphatic rings. The van der Waals surface area contributed by atoms with Gasteiger partial charge in [-0.2, -0.15) is 0 Å². The van der Waals surface area contributed by atoms with Crippen LogP contribution in [-0.2, 0) is 11.2 Å². The summed E-state index contributed by atoms with van der Waals surface area (Å²) in [5.41, 5.74) is 1.13. The van der Waals surface area contributed by atoms with Gasteiger partial charge in [0.2, 0.25) is 0 Å². The molecular formula is C13H16O3. The van der Waals surface area contributed by atoms with E-state index >= 15 is 0 Å². The number of rotatable bonds is 4. The molecule has 0 aromatic heterocycles. The highest BCUT2D eigenvalue weighted by Gasteiger charge is 2.11. The molecule has 0 saturated carbocycles. The summed E-state index contributed by atoms with van der Waals surface area (Å²) in [5.74, 6) is 1.90. The van der Waals surface area contributed by atoms with E-state index in [9.17, 15) is 4.79 Å². The van der Waals surface area contributed by atoms with E-state index in [1.54, 1.807) is 0 Å². The van der Waals surface area contributed by atoms with E-state index in [4.69, 9.17) is 9.47 Å². The summed E-state index contributed by atoms with van der Waals surface area (Å²) >= 11 is 0. The first-order chi connectivity index (χ1) is 7.79. The van der Waals surface area contributed by atoms with Crippen LogP contribution >= 0.6 is 0 Å². The third kappa shape index (κ3) is 2.54. The van der Waals surface area contributed by atoms with Gasteiger partial charge in [-0.15, -0.1) is 0 Å². The highest BCUT2D eigenvalue weighted by Crippen LogP contribution is 2.31. The van der Waals surface area contributed by atoms with Gasteiger partial charge in [0.1, 0.15) is 19.0 Å². The summed E-state index contributed by atoms with van der Waals surface area (Å²) in [6.07, 6.45) is 2.00. The fourth-order valence-electron chi connectivity index (χ4n) is 1.70. The van der Waals surface area contributed by atoms with Gasteiger partial charge in [0.25, 0.3) is 0 Å². The number of carbonyl (C=O) groups is 1. The first-order valence-corrected chi connectivity index (χ1v) is 5.70. The highest BCUT2D eigenvalue weighted by atomic mass is 16.6. The lowest BCUT2D eigenvalue weighted by atomic mass is 10.1. The molecular weight excluding hydrogens is 204 g/mol. The lowest BCUT2D eigenvalue weighted by molar-refractivity contribution is -0.118. The number of hydrogen-bond acceptors (Lipinski definition) is 3. The van der Waals surface area contributed by atoms with E-state index in [0.717, 1.165) is 23.5 Å². The van der Waals surface area contributed by atoms with Crippen molar-refractivity contribution in [1.82, 2.24) is 0 Å². The van der Waals surface area contributed by atoms with Gasteiger partial charge in [0, 0.05) is 12.8 Å². The fraction of sp³-hybridized carbons (Fsp3) is 0.462. The van der Waals surface area contributed by atoms with Gasteiger partial charge in [-0.05, 0) is 24.1 Å². The van der Waals surface area contributed by atoms with Crippen LogP contribution in [0, 0.1) is 0 Å². The van der Waals surface area contributed by atoms with Crippen molar-refractivity contribution in [2.75, 3.05) is 13.2 Å². The Kier molecular flexibility index (Phi) is 3.44.